The van der Waals surface area contributed by atoms with Crippen LogP contribution in [0.25, 0.3) is 5.69 Å². The number of para-hydroxylation sites is 1. The highest BCUT2D eigenvalue weighted by molar-refractivity contribution is 7.83. The van der Waals surface area contributed by atoms with Crippen LogP contribution in [-0.2, 0) is 28.7 Å². The van der Waals surface area contributed by atoms with Crippen LogP contribution in [0.2, 0.25) is 0 Å². The summed E-state index contributed by atoms with van der Waals surface area (Å²) in [6, 6.07) is 5.72. The van der Waals surface area contributed by atoms with Crippen LogP contribution in [0, 0.1) is 13.8 Å². The Bertz CT molecular complexity index is 948. The maximum absolute atomic E-state index is 12.4. The van der Waals surface area contributed by atoms with Gasteiger partial charge >= 0.3 is 6.18 Å². The van der Waals surface area contributed by atoms with Crippen molar-refractivity contribution >= 4 is 10.8 Å². The van der Waals surface area contributed by atoms with Gasteiger partial charge in [0.15, 0.2) is 11.6 Å². The van der Waals surface area contributed by atoms with Crippen LogP contribution < -0.4 is 0 Å². The second-order valence-electron chi connectivity index (χ2n) is 5.87. The number of rotatable bonds is 6. The first-order valence-corrected chi connectivity index (χ1v) is 9.29. The molecule has 2 aromatic heterocycles. The minimum atomic E-state index is -4.44. The number of aryl methyl sites for hydroxylation is 2. The molecular formula is C15H15F3N6O2S. The van der Waals surface area contributed by atoms with E-state index in [0.29, 0.717) is 5.82 Å². The molecular weight excluding hydrogens is 385 g/mol. The molecule has 0 spiro atoms. The van der Waals surface area contributed by atoms with E-state index in [4.69, 9.17) is 4.52 Å². The Balaban J connectivity index is 1.72. The van der Waals surface area contributed by atoms with Crippen molar-refractivity contribution in [2.75, 3.05) is 0 Å². The maximum atomic E-state index is 12.4. The largest absolute Gasteiger partial charge is 0.396 e. The summed E-state index contributed by atoms with van der Waals surface area (Å²) < 4.78 is 55.6. The van der Waals surface area contributed by atoms with Crippen LogP contribution in [0.5, 0.6) is 0 Å². The Morgan fingerprint density at radius 1 is 1.19 bits per heavy atom. The van der Waals surface area contributed by atoms with E-state index in [-0.39, 0.29) is 17.4 Å². The Hall–Kier alpha value is -2.63. The summed E-state index contributed by atoms with van der Waals surface area (Å²) in [5, 5.41) is 14.8. The van der Waals surface area contributed by atoms with E-state index in [0.717, 1.165) is 16.8 Å². The van der Waals surface area contributed by atoms with Crippen molar-refractivity contribution in [2.24, 2.45) is 0 Å². The van der Waals surface area contributed by atoms with Gasteiger partial charge in [-0.05, 0) is 35.4 Å². The van der Waals surface area contributed by atoms with Gasteiger partial charge in [-0.3, -0.25) is 4.21 Å². The lowest BCUT2D eigenvalue weighted by Gasteiger charge is -2.10. The van der Waals surface area contributed by atoms with Crippen LogP contribution in [0.3, 0.4) is 0 Å². The Labute approximate surface area is 154 Å². The van der Waals surface area contributed by atoms with E-state index in [2.05, 4.69) is 25.7 Å². The van der Waals surface area contributed by atoms with E-state index in [1.165, 1.54) is 4.68 Å². The third kappa shape index (κ3) is 4.76. The highest BCUT2D eigenvalue weighted by atomic mass is 32.2. The molecule has 0 saturated carbocycles. The van der Waals surface area contributed by atoms with Crippen LogP contribution in [0.15, 0.2) is 22.7 Å². The van der Waals surface area contributed by atoms with E-state index in [1.54, 1.807) is 0 Å². The van der Waals surface area contributed by atoms with E-state index >= 15 is 0 Å². The molecule has 2 heterocycles. The molecule has 0 saturated heterocycles. The van der Waals surface area contributed by atoms with Crippen molar-refractivity contribution in [3.63, 3.8) is 0 Å². The molecule has 8 nitrogen and oxygen atoms in total. The molecule has 1 atom stereocenters. The van der Waals surface area contributed by atoms with Gasteiger partial charge in [0, 0.05) is 10.8 Å². The van der Waals surface area contributed by atoms with E-state index < -0.39 is 29.2 Å². The predicted octanol–water partition coefficient (Wildman–Crippen LogP) is 2.22. The van der Waals surface area contributed by atoms with Crippen molar-refractivity contribution in [3.8, 4) is 5.69 Å². The maximum Gasteiger partial charge on any atom is 0.396 e. The first-order valence-electron chi connectivity index (χ1n) is 7.80. The zero-order valence-electron chi connectivity index (χ0n) is 14.4. The fourth-order valence-electron chi connectivity index (χ4n) is 2.54. The summed E-state index contributed by atoms with van der Waals surface area (Å²) in [6.45, 7) is 3.82. The van der Waals surface area contributed by atoms with Crippen molar-refractivity contribution in [1.29, 1.82) is 0 Å². The van der Waals surface area contributed by atoms with Gasteiger partial charge in [0.05, 0.1) is 11.4 Å². The number of aromatic nitrogens is 6. The number of alkyl halides is 3. The average molecular weight is 400 g/mol. The van der Waals surface area contributed by atoms with Crippen molar-refractivity contribution in [3.05, 3.63) is 46.9 Å². The first kappa shape index (κ1) is 19.1. The quantitative estimate of drug-likeness (QED) is 0.625. The van der Waals surface area contributed by atoms with Crippen molar-refractivity contribution < 1.29 is 21.9 Å². The van der Waals surface area contributed by atoms with Crippen LogP contribution >= 0.6 is 0 Å². The van der Waals surface area contributed by atoms with Gasteiger partial charge in [-0.2, -0.15) is 22.8 Å². The highest BCUT2D eigenvalue weighted by Crippen LogP contribution is 2.21. The second kappa shape index (κ2) is 7.55. The standard InChI is InChI=1S/C15H15F3N6O2S/c1-9-4-3-5-10(2)14(9)24-12(20-22-23-24)7-27(25)8-13-19-11(21-26-13)6-15(16,17)18/h3-5H,6-8H2,1-2H3. The molecule has 1 aromatic carbocycles. The predicted molar refractivity (Wildman–Crippen MR) is 88.2 cm³/mol. The Kier molecular flexibility index (Phi) is 5.35. The number of benzene rings is 1. The number of hydrogen-bond acceptors (Lipinski definition) is 7. The summed E-state index contributed by atoms with van der Waals surface area (Å²) >= 11 is 0. The molecule has 0 aliphatic heterocycles. The summed E-state index contributed by atoms with van der Waals surface area (Å²) in [7, 11) is -1.55. The molecule has 0 bridgehead atoms. The molecule has 3 rings (SSSR count). The average Bonchev–Trinajstić information content (AvgIpc) is 3.15. The van der Waals surface area contributed by atoms with Gasteiger partial charge in [0.1, 0.15) is 12.2 Å². The SMILES string of the molecule is Cc1cccc(C)c1-n1nnnc1CS(=O)Cc1nc(CC(F)(F)F)no1. The normalized spacial score (nSPS) is 13.1. The molecule has 144 valence electrons. The molecule has 0 aliphatic carbocycles. The zero-order valence-corrected chi connectivity index (χ0v) is 15.2. The monoisotopic (exact) mass is 400 g/mol. The Morgan fingerprint density at radius 3 is 2.56 bits per heavy atom. The van der Waals surface area contributed by atoms with Crippen LogP contribution in [0.4, 0.5) is 13.2 Å². The highest BCUT2D eigenvalue weighted by Gasteiger charge is 2.30. The van der Waals surface area contributed by atoms with Gasteiger partial charge in [0.25, 0.3) is 0 Å². The second-order valence-corrected chi connectivity index (χ2v) is 7.33. The molecule has 27 heavy (non-hydrogen) atoms. The van der Waals surface area contributed by atoms with Crippen molar-refractivity contribution in [1.82, 2.24) is 30.3 Å². The fourth-order valence-corrected chi connectivity index (χ4v) is 3.50. The third-order valence-corrected chi connectivity index (χ3v) is 4.78. The lowest BCUT2D eigenvalue weighted by Crippen LogP contribution is -2.13. The number of halogens is 3. The summed E-state index contributed by atoms with van der Waals surface area (Å²) in [5.41, 5.74) is 2.69. The van der Waals surface area contributed by atoms with E-state index in [9.17, 15) is 17.4 Å². The topological polar surface area (TPSA) is 99.6 Å². The molecule has 1 unspecified atom stereocenters. The minimum absolute atomic E-state index is 0.0161. The van der Waals surface area contributed by atoms with Crippen molar-refractivity contribution in [2.45, 2.75) is 38.0 Å². The number of tetrazole rings is 1. The molecule has 0 N–H and O–H groups in total. The number of hydrogen-bond donors (Lipinski definition) is 0. The third-order valence-electron chi connectivity index (χ3n) is 3.63. The fraction of sp³-hybridized carbons (Fsp3) is 0.400. The van der Waals surface area contributed by atoms with E-state index in [1.807, 2.05) is 32.0 Å². The molecule has 3 aromatic rings. The summed E-state index contributed by atoms with van der Waals surface area (Å²) in [4.78, 5) is 3.62. The van der Waals surface area contributed by atoms with Gasteiger partial charge in [0.2, 0.25) is 5.89 Å². The van der Waals surface area contributed by atoms with Gasteiger partial charge < -0.3 is 4.52 Å². The van der Waals surface area contributed by atoms with Crippen LogP contribution in [0.1, 0.15) is 28.7 Å². The summed E-state index contributed by atoms with van der Waals surface area (Å²) in [6.07, 6.45) is -5.73. The first-order chi connectivity index (χ1) is 12.7. The minimum Gasteiger partial charge on any atom is -0.338 e. The zero-order chi connectivity index (χ0) is 19.6. The van der Waals surface area contributed by atoms with Gasteiger partial charge in [-0.25, -0.2) is 0 Å². The summed E-state index contributed by atoms with van der Waals surface area (Å²) in [5.74, 6) is -0.461. The van der Waals surface area contributed by atoms with Gasteiger partial charge in [-0.1, -0.05) is 23.4 Å². The molecule has 0 aliphatic rings. The Morgan fingerprint density at radius 2 is 1.89 bits per heavy atom. The smallest absolute Gasteiger partial charge is 0.338 e. The number of nitrogens with zero attached hydrogens (tertiary/aromatic N) is 6. The van der Waals surface area contributed by atoms with Gasteiger partial charge in [-0.15, -0.1) is 5.10 Å². The lowest BCUT2D eigenvalue weighted by molar-refractivity contribution is -0.128. The molecule has 12 heteroatoms. The van der Waals surface area contributed by atoms with Crippen LogP contribution in [-0.4, -0.2) is 40.7 Å². The molecule has 0 fully saturated rings. The molecule has 0 radical (unpaired) electrons. The molecule has 0 amide bonds. The lowest BCUT2D eigenvalue weighted by atomic mass is 10.1.